The van der Waals surface area contributed by atoms with Crippen LogP contribution >= 0.6 is 0 Å². The normalized spacial score (nSPS) is 26.0. The highest BCUT2D eigenvalue weighted by Crippen LogP contribution is 2.40. The molecule has 168 valence electrons. The van der Waals surface area contributed by atoms with Crippen molar-refractivity contribution < 1.29 is 9.90 Å². The third-order valence-corrected chi connectivity index (χ3v) is 6.89. The predicted octanol–water partition coefficient (Wildman–Crippen LogP) is 3.41. The van der Waals surface area contributed by atoms with Crippen molar-refractivity contribution in [3.8, 4) is 6.07 Å². The number of amides is 1. The van der Waals surface area contributed by atoms with E-state index in [0.29, 0.717) is 36.7 Å². The van der Waals surface area contributed by atoms with Gasteiger partial charge in [-0.2, -0.15) is 10.2 Å². The second-order valence-corrected chi connectivity index (χ2v) is 9.70. The van der Waals surface area contributed by atoms with Crippen LogP contribution in [0.5, 0.6) is 0 Å². The molecule has 0 saturated heterocycles. The Kier molecular flexibility index (Phi) is 5.78. The van der Waals surface area contributed by atoms with Crippen LogP contribution in [0.15, 0.2) is 30.5 Å². The third kappa shape index (κ3) is 4.13. The highest BCUT2D eigenvalue weighted by atomic mass is 16.3. The number of nitriles is 1. The smallest absolute Gasteiger partial charge is 0.234 e. The van der Waals surface area contributed by atoms with Gasteiger partial charge in [0.15, 0.2) is 0 Å². The molecule has 1 saturated carbocycles. The van der Waals surface area contributed by atoms with Crippen LogP contribution in [-0.2, 0) is 10.2 Å². The van der Waals surface area contributed by atoms with Crippen LogP contribution in [0.25, 0.3) is 0 Å². The number of carbonyl (C=O) groups excluding carboxylic acids is 1. The van der Waals surface area contributed by atoms with Gasteiger partial charge in [0.2, 0.25) is 11.9 Å². The van der Waals surface area contributed by atoms with Crippen LogP contribution in [0.2, 0.25) is 0 Å². The Morgan fingerprint density at radius 1 is 1.28 bits per heavy atom. The first-order valence-corrected chi connectivity index (χ1v) is 11.1. The molecule has 2 heterocycles. The third-order valence-electron chi connectivity index (χ3n) is 6.89. The van der Waals surface area contributed by atoms with Gasteiger partial charge in [0.1, 0.15) is 17.5 Å². The van der Waals surface area contributed by atoms with E-state index in [4.69, 9.17) is 0 Å². The van der Waals surface area contributed by atoms with Gasteiger partial charge in [-0.3, -0.25) is 4.79 Å². The Morgan fingerprint density at radius 2 is 2.06 bits per heavy atom. The average Bonchev–Trinajstić information content (AvgIpc) is 3.01. The number of aliphatic hydroxyl groups is 1. The molecule has 2 aliphatic rings. The highest BCUT2D eigenvalue weighted by molar-refractivity contribution is 6.05. The van der Waals surface area contributed by atoms with E-state index < -0.39 is 5.41 Å². The highest BCUT2D eigenvalue weighted by Gasteiger charge is 2.42. The van der Waals surface area contributed by atoms with Crippen molar-refractivity contribution in [2.24, 2.45) is 5.41 Å². The Bertz CT molecular complexity index is 1060. The lowest BCUT2D eigenvalue weighted by Crippen LogP contribution is -2.41. The first kappa shape index (κ1) is 22.0. The minimum Gasteiger partial charge on any atom is -0.393 e. The molecule has 32 heavy (non-hydrogen) atoms. The standard InChI is InChI=1S/C24H30N6O2/c1-23(2)12-16(8-9-19(23)31)28-20-15(13-25)14-27-22(30-20)26-11-10-24(3)17-6-4-5-7-18(17)29-21(24)32/h4-7,14,16,19,31H,8-12H2,1-3H3,(H,29,32)(H2,26,27,28,30)/t16-,19+,24-/m1/s1. The number of nitrogens with one attached hydrogen (secondary N) is 3. The number of fused-ring (bicyclic) bond motifs is 1. The van der Waals surface area contributed by atoms with Crippen molar-refractivity contribution in [2.75, 3.05) is 22.5 Å². The molecule has 0 unspecified atom stereocenters. The number of carbonyl (C=O) groups is 1. The Labute approximate surface area is 188 Å². The minimum atomic E-state index is -0.619. The molecule has 1 aromatic carbocycles. The quantitative estimate of drug-likeness (QED) is 0.549. The molecule has 4 N–H and O–H groups in total. The van der Waals surface area contributed by atoms with E-state index in [9.17, 15) is 15.2 Å². The van der Waals surface area contributed by atoms with Gasteiger partial charge >= 0.3 is 0 Å². The molecule has 8 heteroatoms. The van der Waals surface area contributed by atoms with Gasteiger partial charge in [0, 0.05) is 18.3 Å². The van der Waals surface area contributed by atoms with E-state index in [2.05, 4.69) is 45.8 Å². The molecule has 2 aromatic rings. The zero-order valence-electron chi connectivity index (χ0n) is 18.8. The first-order valence-electron chi connectivity index (χ1n) is 11.1. The van der Waals surface area contributed by atoms with Crippen LogP contribution in [0.1, 0.15) is 57.6 Å². The average molecular weight is 435 g/mol. The number of nitrogens with zero attached hydrogens (tertiary/aromatic N) is 3. The number of para-hydroxylation sites is 1. The fraction of sp³-hybridized carbons (Fsp3) is 0.500. The lowest BCUT2D eigenvalue weighted by atomic mass is 9.73. The summed E-state index contributed by atoms with van der Waals surface area (Å²) in [6.07, 6.45) is 4.09. The zero-order valence-corrected chi connectivity index (χ0v) is 18.8. The van der Waals surface area contributed by atoms with E-state index in [1.165, 1.54) is 6.20 Å². The van der Waals surface area contributed by atoms with E-state index in [1.54, 1.807) is 0 Å². The van der Waals surface area contributed by atoms with Crippen LogP contribution < -0.4 is 16.0 Å². The van der Waals surface area contributed by atoms with Gasteiger partial charge in [-0.15, -0.1) is 0 Å². The summed E-state index contributed by atoms with van der Waals surface area (Å²) >= 11 is 0. The summed E-state index contributed by atoms with van der Waals surface area (Å²) in [6, 6.07) is 10.0. The van der Waals surface area contributed by atoms with Crippen molar-refractivity contribution in [3.63, 3.8) is 0 Å². The fourth-order valence-corrected chi connectivity index (χ4v) is 4.73. The molecule has 3 atom stereocenters. The number of benzene rings is 1. The van der Waals surface area contributed by atoms with Crippen molar-refractivity contribution >= 4 is 23.4 Å². The lowest BCUT2D eigenvalue weighted by molar-refractivity contribution is -0.120. The number of aromatic nitrogens is 2. The van der Waals surface area contributed by atoms with Gasteiger partial charge in [0.25, 0.3) is 0 Å². The van der Waals surface area contributed by atoms with Gasteiger partial charge in [-0.1, -0.05) is 32.0 Å². The second kappa shape index (κ2) is 8.40. The number of hydrogen-bond donors (Lipinski definition) is 4. The zero-order chi connectivity index (χ0) is 22.9. The molecular weight excluding hydrogens is 404 g/mol. The summed E-state index contributed by atoms with van der Waals surface area (Å²) in [5.74, 6) is 0.903. The van der Waals surface area contributed by atoms with Gasteiger partial charge in [0.05, 0.1) is 17.7 Å². The summed E-state index contributed by atoms with van der Waals surface area (Å²) < 4.78 is 0. The van der Waals surface area contributed by atoms with Crippen LogP contribution in [-0.4, -0.2) is 39.7 Å². The van der Waals surface area contributed by atoms with Gasteiger partial charge in [-0.05, 0) is 49.7 Å². The van der Waals surface area contributed by atoms with Crippen LogP contribution in [0, 0.1) is 16.7 Å². The Balaban J connectivity index is 1.43. The topological polar surface area (TPSA) is 123 Å². The van der Waals surface area contributed by atoms with Gasteiger partial charge < -0.3 is 21.1 Å². The molecule has 1 aliphatic carbocycles. The van der Waals surface area contributed by atoms with Crippen molar-refractivity contribution in [3.05, 3.63) is 41.6 Å². The number of anilines is 3. The molecular formula is C24H30N6O2. The molecule has 1 fully saturated rings. The van der Waals surface area contributed by atoms with E-state index >= 15 is 0 Å². The summed E-state index contributed by atoms with van der Waals surface area (Å²) in [7, 11) is 0. The lowest BCUT2D eigenvalue weighted by Gasteiger charge is -2.40. The molecule has 0 spiro atoms. The van der Waals surface area contributed by atoms with E-state index in [0.717, 1.165) is 24.1 Å². The molecule has 4 rings (SSSR count). The monoisotopic (exact) mass is 434 g/mol. The number of rotatable bonds is 6. The largest absolute Gasteiger partial charge is 0.393 e. The molecule has 1 amide bonds. The van der Waals surface area contributed by atoms with Crippen LogP contribution in [0.3, 0.4) is 0 Å². The minimum absolute atomic E-state index is 0.00861. The van der Waals surface area contributed by atoms with Crippen molar-refractivity contribution in [1.29, 1.82) is 5.26 Å². The number of aliphatic hydroxyl groups excluding tert-OH is 1. The molecule has 1 aliphatic heterocycles. The molecule has 8 nitrogen and oxygen atoms in total. The first-order chi connectivity index (χ1) is 15.2. The number of hydrogen-bond acceptors (Lipinski definition) is 7. The molecule has 0 radical (unpaired) electrons. The summed E-state index contributed by atoms with van der Waals surface area (Å²) in [4.78, 5) is 21.4. The maximum Gasteiger partial charge on any atom is 0.234 e. The van der Waals surface area contributed by atoms with Gasteiger partial charge in [-0.25, -0.2) is 4.98 Å². The summed E-state index contributed by atoms with van der Waals surface area (Å²) in [5, 5.41) is 29.2. The maximum atomic E-state index is 12.6. The predicted molar refractivity (Wildman–Crippen MR) is 123 cm³/mol. The van der Waals surface area contributed by atoms with E-state index in [1.807, 2.05) is 31.2 Å². The van der Waals surface area contributed by atoms with Crippen molar-refractivity contribution in [2.45, 2.75) is 64.0 Å². The SMILES string of the molecule is CC1(C)C[C@H](Nc2nc(NCC[C@@]3(C)C(=O)Nc4ccccc43)ncc2C#N)CC[C@@H]1O. The Hall–Kier alpha value is -3.18. The molecule has 1 aromatic heterocycles. The summed E-state index contributed by atoms with van der Waals surface area (Å²) in [6.45, 7) is 6.57. The summed E-state index contributed by atoms with van der Waals surface area (Å²) in [5.41, 5.74) is 1.44. The Morgan fingerprint density at radius 3 is 2.81 bits per heavy atom. The second-order valence-electron chi connectivity index (χ2n) is 9.70. The van der Waals surface area contributed by atoms with Crippen LogP contribution in [0.4, 0.5) is 17.5 Å². The molecule has 0 bridgehead atoms. The van der Waals surface area contributed by atoms with E-state index in [-0.39, 0.29) is 23.5 Å². The van der Waals surface area contributed by atoms with Crippen molar-refractivity contribution in [1.82, 2.24) is 9.97 Å². The fourth-order valence-electron chi connectivity index (χ4n) is 4.73. The maximum absolute atomic E-state index is 12.6.